The Labute approximate surface area is 187 Å². The van der Waals surface area contributed by atoms with Gasteiger partial charge in [0.1, 0.15) is 18.0 Å². The molecular weight excluding hydrogens is 435 g/mol. The molecule has 3 aromatic carbocycles. The highest BCUT2D eigenvalue weighted by molar-refractivity contribution is 5.93. The van der Waals surface area contributed by atoms with E-state index in [1.54, 1.807) is 49.6 Å². The lowest BCUT2D eigenvalue weighted by Crippen LogP contribution is -2.23. The van der Waals surface area contributed by atoms with E-state index in [9.17, 15) is 18.0 Å². The monoisotopic (exact) mass is 455 g/mol. The van der Waals surface area contributed by atoms with Crippen LogP contribution in [0.25, 0.3) is 22.2 Å². The van der Waals surface area contributed by atoms with Crippen LogP contribution in [0.1, 0.15) is 5.82 Å². The maximum absolute atomic E-state index is 13.5. The molecule has 170 valence electrons. The molecule has 0 unspecified atom stereocenters. The summed E-state index contributed by atoms with van der Waals surface area (Å²) >= 11 is 0. The summed E-state index contributed by atoms with van der Waals surface area (Å²) in [7, 11) is 3.10. The number of ether oxygens (including phenoxy) is 2. The Balaban J connectivity index is 1.62. The molecule has 0 bridgehead atoms. The summed E-state index contributed by atoms with van der Waals surface area (Å²) in [6.45, 7) is -0.542. The Bertz CT molecular complexity index is 1300. The second-order valence-corrected chi connectivity index (χ2v) is 7.20. The van der Waals surface area contributed by atoms with Crippen LogP contribution in [0.15, 0.2) is 66.7 Å². The predicted octanol–water partition coefficient (Wildman–Crippen LogP) is 5.38. The number of methoxy groups -OCH3 is 2. The van der Waals surface area contributed by atoms with Gasteiger partial charge in [0.2, 0.25) is 11.7 Å². The van der Waals surface area contributed by atoms with E-state index in [0.29, 0.717) is 22.7 Å². The van der Waals surface area contributed by atoms with Crippen LogP contribution in [0.3, 0.4) is 0 Å². The first kappa shape index (κ1) is 22.2. The molecule has 4 aromatic rings. The van der Waals surface area contributed by atoms with Gasteiger partial charge in [0.25, 0.3) is 0 Å². The number of hydrogen-bond acceptors (Lipinski definition) is 4. The molecule has 0 radical (unpaired) electrons. The molecule has 0 aliphatic carbocycles. The van der Waals surface area contributed by atoms with Crippen molar-refractivity contribution in [1.82, 2.24) is 9.55 Å². The Kier molecular flexibility index (Phi) is 5.95. The van der Waals surface area contributed by atoms with E-state index in [0.717, 1.165) is 10.1 Å². The SMILES string of the molecule is COc1ccc(-c2cc(NC(=O)Cn3c(C(F)(F)F)nc4ccccc43)ccc2OC)cc1. The zero-order valence-electron chi connectivity index (χ0n) is 17.8. The predicted molar refractivity (Wildman–Crippen MR) is 118 cm³/mol. The first-order chi connectivity index (χ1) is 15.8. The first-order valence-corrected chi connectivity index (χ1v) is 9.95. The summed E-state index contributed by atoms with van der Waals surface area (Å²) in [5.74, 6) is -0.463. The standard InChI is InChI=1S/C24H20F3N3O3/c1-32-17-10-7-15(8-11-17)18-13-16(9-12-21(18)33-2)28-22(31)14-30-20-6-4-3-5-19(20)29-23(30)24(25,26)27/h3-13H,14H2,1-2H3,(H,28,31). The van der Waals surface area contributed by atoms with Gasteiger partial charge in [0.15, 0.2) is 0 Å². The number of aromatic nitrogens is 2. The number of carbonyl (C=O) groups is 1. The quantitative estimate of drug-likeness (QED) is 0.424. The highest BCUT2D eigenvalue weighted by Gasteiger charge is 2.38. The maximum Gasteiger partial charge on any atom is 0.449 e. The zero-order chi connectivity index (χ0) is 23.6. The van der Waals surface area contributed by atoms with E-state index < -0.39 is 24.5 Å². The number of rotatable bonds is 6. The van der Waals surface area contributed by atoms with Crippen LogP contribution < -0.4 is 14.8 Å². The van der Waals surface area contributed by atoms with E-state index in [1.165, 1.54) is 19.2 Å². The average molecular weight is 455 g/mol. The van der Waals surface area contributed by atoms with Gasteiger partial charge in [-0.1, -0.05) is 24.3 Å². The van der Waals surface area contributed by atoms with Gasteiger partial charge >= 0.3 is 6.18 Å². The Morgan fingerprint density at radius 1 is 1.00 bits per heavy atom. The van der Waals surface area contributed by atoms with Crippen LogP contribution >= 0.6 is 0 Å². The number of amides is 1. The summed E-state index contributed by atoms with van der Waals surface area (Å²) in [5, 5.41) is 2.67. The molecule has 33 heavy (non-hydrogen) atoms. The number of halogens is 3. The molecule has 1 N–H and O–H groups in total. The number of imidazole rings is 1. The maximum atomic E-state index is 13.5. The normalized spacial score (nSPS) is 11.4. The van der Waals surface area contributed by atoms with Gasteiger partial charge in [0, 0.05) is 11.3 Å². The van der Waals surface area contributed by atoms with Gasteiger partial charge < -0.3 is 19.4 Å². The van der Waals surface area contributed by atoms with Crippen LogP contribution in [0.5, 0.6) is 11.5 Å². The first-order valence-electron chi connectivity index (χ1n) is 9.95. The molecule has 0 aliphatic heterocycles. The lowest BCUT2D eigenvalue weighted by Gasteiger charge is -2.14. The van der Waals surface area contributed by atoms with Crippen molar-refractivity contribution >= 4 is 22.6 Å². The molecule has 9 heteroatoms. The fourth-order valence-electron chi connectivity index (χ4n) is 3.58. The minimum atomic E-state index is -4.69. The Hall–Kier alpha value is -4.01. The lowest BCUT2D eigenvalue weighted by atomic mass is 10.0. The third kappa shape index (κ3) is 4.62. The number of para-hydroxylation sites is 2. The van der Waals surface area contributed by atoms with Gasteiger partial charge in [0.05, 0.1) is 25.3 Å². The van der Waals surface area contributed by atoms with Gasteiger partial charge in [-0.2, -0.15) is 13.2 Å². The third-order valence-corrected chi connectivity index (χ3v) is 5.09. The van der Waals surface area contributed by atoms with E-state index in [-0.39, 0.29) is 11.0 Å². The largest absolute Gasteiger partial charge is 0.497 e. The number of nitrogens with one attached hydrogen (secondary N) is 1. The van der Waals surface area contributed by atoms with Gasteiger partial charge in [-0.25, -0.2) is 4.98 Å². The van der Waals surface area contributed by atoms with Crippen LogP contribution in [0.4, 0.5) is 18.9 Å². The number of carbonyl (C=O) groups excluding carboxylic acids is 1. The van der Waals surface area contributed by atoms with Gasteiger partial charge in [-0.15, -0.1) is 0 Å². The van der Waals surface area contributed by atoms with Crippen molar-refractivity contribution in [2.75, 3.05) is 19.5 Å². The fraction of sp³-hybridized carbons (Fsp3) is 0.167. The Morgan fingerprint density at radius 3 is 2.39 bits per heavy atom. The molecule has 1 amide bonds. The molecule has 0 saturated heterocycles. The van der Waals surface area contributed by atoms with Crippen LogP contribution in [0.2, 0.25) is 0 Å². The summed E-state index contributed by atoms with van der Waals surface area (Å²) in [6, 6.07) is 18.5. The molecule has 0 atom stereocenters. The molecule has 4 rings (SSSR count). The van der Waals surface area contributed by atoms with Gasteiger partial charge in [-0.05, 0) is 48.0 Å². The number of nitrogens with zero attached hydrogens (tertiary/aromatic N) is 2. The zero-order valence-corrected chi connectivity index (χ0v) is 17.8. The summed E-state index contributed by atoms with van der Waals surface area (Å²) in [6.07, 6.45) is -4.69. The number of hydrogen-bond donors (Lipinski definition) is 1. The number of anilines is 1. The van der Waals surface area contributed by atoms with Gasteiger partial charge in [-0.3, -0.25) is 4.79 Å². The summed E-state index contributed by atoms with van der Waals surface area (Å²) in [5.41, 5.74) is 2.35. The fourth-order valence-corrected chi connectivity index (χ4v) is 3.58. The van der Waals surface area contributed by atoms with Crippen LogP contribution in [-0.2, 0) is 17.5 Å². The van der Waals surface area contributed by atoms with Crippen molar-refractivity contribution in [2.45, 2.75) is 12.7 Å². The molecule has 0 aliphatic rings. The molecule has 1 heterocycles. The molecule has 1 aromatic heterocycles. The number of alkyl halides is 3. The van der Waals surface area contributed by atoms with Crippen molar-refractivity contribution in [3.8, 4) is 22.6 Å². The summed E-state index contributed by atoms with van der Waals surface area (Å²) in [4.78, 5) is 16.4. The molecule has 0 spiro atoms. The van der Waals surface area contributed by atoms with Crippen molar-refractivity contribution in [3.05, 3.63) is 72.6 Å². The molecular formula is C24H20F3N3O3. The van der Waals surface area contributed by atoms with Crippen LogP contribution in [-0.4, -0.2) is 29.7 Å². The topological polar surface area (TPSA) is 65.4 Å². The Morgan fingerprint density at radius 2 is 1.73 bits per heavy atom. The van der Waals surface area contributed by atoms with E-state index in [1.807, 2.05) is 12.1 Å². The second kappa shape index (κ2) is 8.85. The average Bonchev–Trinajstić information content (AvgIpc) is 3.18. The number of benzene rings is 3. The van der Waals surface area contributed by atoms with Crippen molar-refractivity contribution in [1.29, 1.82) is 0 Å². The highest BCUT2D eigenvalue weighted by Crippen LogP contribution is 2.34. The van der Waals surface area contributed by atoms with Crippen molar-refractivity contribution < 1.29 is 27.4 Å². The van der Waals surface area contributed by atoms with Crippen molar-refractivity contribution in [2.24, 2.45) is 0 Å². The summed E-state index contributed by atoms with van der Waals surface area (Å²) < 4.78 is 52.0. The minimum Gasteiger partial charge on any atom is -0.497 e. The third-order valence-electron chi connectivity index (χ3n) is 5.09. The highest BCUT2D eigenvalue weighted by atomic mass is 19.4. The molecule has 6 nitrogen and oxygen atoms in total. The van der Waals surface area contributed by atoms with E-state index in [2.05, 4.69) is 10.3 Å². The smallest absolute Gasteiger partial charge is 0.449 e. The molecule has 0 saturated carbocycles. The van der Waals surface area contributed by atoms with Crippen molar-refractivity contribution in [3.63, 3.8) is 0 Å². The molecule has 0 fully saturated rings. The van der Waals surface area contributed by atoms with Crippen LogP contribution in [0, 0.1) is 0 Å². The minimum absolute atomic E-state index is 0.170. The van der Waals surface area contributed by atoms with E-state index >= 15 is 0 Å². The van der Waals surface area contributed by atoms with E-state index in [4.69, 9.17) is 9.47 Å². The number of fused-ring (bicyclic) bond motifs is 1. The second-order valence-electron chi connectivity index (χ2n) is 7.20. The lowest BCUT2D eigenvalue weighted by molar-refractivity contribution is -0.147.